The molecule has 2 aliphatic rings. The van der Waals surface area contributed by atoms with Crippen molar-refractivity contribution in [1.82, 2.24) is 5.32 Å². The third-order valence-electron chi connectivity index (χ3n) is 13.9. The van der Waals surface area contributed by atoms with Crippen molar-refractivity contribution in [3.63, 3.8) is 0 Å². The summed E-state index contributed by atoms with van der Waals surface area (Å²) in [6, 6.07) is 31.2. The average Bonchev–Trinajstić information content (AvgIpc) is 3.31. The first-order valence-corrected chi connectivity index (χ1v) is 22.2. The number of rotatable bonds is 17. The minimum atomic E-state index is -0.621. The summed E-state index contributed by atoms with van der Waals surface area (Å²) in [5.41, 5.74) is 12.2. The van der Waals surface area contributed by atoms with Gasteiger partial charge in [0.15, 0.2) is 0 Å². The van der Waals surface area contributed by atoms with Crippen LogP contribution in [0.4, 0.5) is 17.6 Å². The number of alkyl halides is 4. The molecule has 2 saturated carbocycles. The third kappa shape index (κ3) is 12.3. The molecule has 0 aliphatic heterocycles. The molecule has 0 bridgehead atoms. The molecule has 0 spiro atoms. The van der Waals surface area contributed by atoms with Gasteiger partial charge in [0.05, 0.1) is 25.4 Å². The summed E-state index contributed by atoms with van der Waals surface area (Å²) >= 11 is 0. The van der Waals surface area contributed by atoms with Crippen molar-refractivity contribution < 1.29 is 31.8 Å². The van der Waals surface area contributed by atoms with Gasteiger partial charge in [-0.1, -0.05) is 111 Å². The first kappa shape index (κ1) is 48.0. The average molecular weight is 845 g/mol. The van der Waals surface area contributed by atoms with Crippen LogP contribution >= 0.6 is 0 Å². The van der Waals surface area contributed by atoms with Crippen molar-refractivity contribution in [2.24, 2.45) is 5.73 Å². The Morgan fingerprint density at radius 1 is 0.590 bits per heavy atom. The van der Waals surface area contributed by atoms with Crippen molar-refractivity contribution in [2.75, 3.05) is 13.2 Å². The lowest BCUT2D eigenvalue weighted by atomic mass is 9.64. The molecule has 332 valence electrons. The fourth-order valence-electron chi connectivity index (χ4n) is 9.47. The molecular formula is C52H68F4N2O3. The lowest BCUT2D eigenvalue weighted by molar-refractivity contribution is -0.121. The quantitative estimate of drug-likeness (QED) is 0.104. The Kier molecular flexibility index (Phi) is 17.2. The predicted octanol–water partition coefficient (Wildman–Crippen LogP) is 12.8. The first-order valence-electron chi connectivity index (χ1n) is 22.2. The van der Waals surface area contributed by atoms with Crippen LogP contribution in [0.3, 0.4) is 0 Å². The zero-order valence-electron chi connectivity index (χ0n) is 37.0. The monoisotopic (exact) mass is 845 g/mol. The van der Waals surface area contributed by atoms with Crippen LogP contribution in [0.15, 0.2) is 97.1 Å². The van der Waals surface area contributed by atoms with Crippen molar-refractivity contribution >= 4 is 5.91 Å². The number of carbonyl (C=O) groups is 1. The number of halogens is 4. The van der Waals surface area contributed by atoms with Gasteiger partial charge in [-0.25, -0.2) is 17.6 Å². The summed E-state index contributed by atoms with van der Waals surface area (Å²) in [6.07, 6.45) is 8.85. The fourth-order valence-corrected chi connectivity index (χ4v) is 9.47. The number of carbonyl (C=O) groups excluding carboxylic acids is 1. The number of hydrogen-bond acceptors (Lipinski definition) is 4. The highest BCUT2D eigenvalue weighted by molar-refractivity contribution is 5.73. The van der Waals surface area contributed by atoms with Crippen LogP contribution < -0.4 is 11.1 Å². The Morgan fingerprint density at radius 2 is 0.951 bits per heavy atom. The summed E-state index contributed by atoms with van der Waals surface area (Å²) in [4.78, 5) is 11.8. The van der Waals surface area contributed by atoms with E-state index >= 15 is 0 Å². The van der Waals surface area contributed by atoms with Gasteiger partial charge in [-0.05, 0) is 123 Å². The zero-order chi connectivity index (χ0) is 44.1. The van der Waals surface area contributed by atoms with Gasteiger partial charge in [-0.15, -0.1) is 0 Å². The molecule has 1 amide bonds. The first-order chi connectivity index (χ1) is 29.3. The Labute approximate surface area is 362 Å². The smallest absolute Gasteiger partial charge is 0.217 e. The predicted molar refractivity (Wildman–Crippen MR) is 238 cm³/mol. The van der Waals surface area contributed by atoms with Crippen LogP contribution in [0.2, 0.25) is 0 Å². The van der Waals surface area contributed by atoms with E-state index in [9.17, 15) is 22.4 Å². The zero-order valence-corrected chi connectivity index (χ0v) is 37.0. The van der Waals surface area contributed by atoms with Gasteiger partial charge in [0, 0.05) is 28.8 Å². The summed E-state index contributed by atoms with van der Waals surface area (Å²) < 4.78 is 65.6. The molecule has 6 rings (SSSR count). The van der Waals surface area contributed by atoms with E-state index in [0.717, 1.165) is 75.3 Å². The summed E-state index contributed by atoms with van der Waals surface area (Å²) in [6.45, 7) is 8.42. The van der Waals surface area contributed by atoms with E-state index in [1.54, 1.807) is 43.3 Å². The number of nitrogens with two attached hydrogens (primary N) is 1. The van der Waals surface area contributed by atoms with Crippen LogP contribution in [-0.2, 0) is 51.8 Å². The topological polar surface area (TPSA) is 73.6 Å². The van der Waals surface area contributed by atoms with Crippen LogP contribution in [0.5, 0.6) is 0 Å². The molecule has 3 N–H and O–H groups in total. The van der Waals surface area contributed by atoms with Crippen LogP contribution in [0.25, 0.3) is 0 Å². The van der Waals surface area contributed by atoms with Gasteiger partial charge < -0.3 is 20.5 Å². The van der Waals surface area contributed by atoms with E-state index in [0.29, 0.717) is 35.5 Å². The minimum absolute atomic E-state index is 0.0142. The molecular weight excluding hydrogens is 777 g/mol. The van der Waals surface area contributed by atoms with E-state index in [1.807, 2.05) is 38.1 Å². The normalized spacial score (nSPS) is 24.9. The molecule has 0 heterocycles. The Hall–Kier alpha value is -4.05. The molecule has 4 aromatic carbocycles. The number of nitrogens with one attached hydrogen (secondary N) is 1. The molecule has 0 radical (unpaired) electrons. The maximum absolute atomic E-state index is 13.2. The molecule has 5 nitrogen and oxygen atoms in total. The molecule has 0 aromatic heterocycles. The molecule has 0 saturated heterocycles. The molecule has 2 atom stereocenters. The van der Waals surface area contributed by atoms with E-state index in [1.165, 1.54) is 11.1 Å². The van der Waals surface area contributed by atoms with Crippen molar-refractivity contribution in [3.8, 4) is 0 Å². The molecule has 2 aliphatic carbocycles. The van der Waals surface area contributed by atoms with Gasteiger partial charge in [-0.2, -0.15) is 0 Å². The summed E-state index contributed by atoms with van der Waals surface area (Å²) in [7, 11) is 0. The highest BCUT2D eigenvalue weighted by atomic mass is 19.1. The van der Waals surface area contributed by atoms with Crippen LogP contribution in [0.1, 0.15) is 156 Å². The summed E-state index contributed by atoms with van der Waals surface area (Å²) in [5.74, 6) is 0.0142. The van der Waals surface area contributed by atoms with Crippen LogP contribution in [0, 0.1) is 0 Å². The van der Waals surface area contributed by atoms with Crippen molar-refractivity contribution in [2.45, 2.75) is 160 Å². The molecule has 61 heavy (non-hydrogen) atoms. The second kappa shape index (κ2) is 21.8. The number of hydrogen-bond donors (Lipinski definition) is 2. The molecule has 0 unspecified atom stereocenters. The molecule has 4 aromatic rings. The maximum Gasteiger partial charge on any atom is 0.217 e. The maximum atomic E-state index is 13.2. The van der Waals surface area contributed by atoms with E-state index < -0.39 is 26.7 Å². The van der Waals surface area contributed by atoms with E-state index in [4.69, 9.17) is 15.2 Å². The Bertz CT molecular complexity index is 1920. The third-order valence-corrected chi connectivity index (χ3v) is 13.9. The summed E-state index contributed by atoms with van der Waals surface area (Å²) in [5, 5.41) is 3.20. The minimum Gasteiger partial charge on any atom is -0.373 e. The van der Waals surface area contributed by atoms with Gasteiger partial charge in [0.25, 0.3) is 0 Å². The molecule has 2 fully saturated rings. The lowest BCUT2D eigenvalue weighted by Crippen LogP contribution is -2.53. The Balaban J connectivity index is 0.000000232. The van der Waals surface area contributed by atoms with E-state index in [-0.39, 0.29) is 40.0 Å². The van der Waals surface area contributed by atoms with Gasteiger partial charge >= 0.3 is 0 Å². The Morgan fingerprint density at radius 3 is 1.26 bits per heavy atom. The second-order valence-corrected chi connectivity index (χ2v) is 17.9. The second-order valence-electron chi connectivity index (χ2n) is 17.9. The number of ether oxygens (including phenoxy) is 2. The standard InChI is InChI=1S/C27H35F2NO2.C25H33F2NO/c1-4-27(30-21(3)31)12-10-26(11-13-27,25-8-6-5-7-9-25)19-32-20(2)24-15-22(17-28)14-23(16-24)18-29;1-3-25(28)11-9-24(10-12-25,23-7-5-4-6-8-23)18-29-19(2)22-14-20(16-26)13-21(15-22)17-27/h5-9,14-16,20H,4,10-13,17-19H2,1-3H3,(H,30,31);4-8,13-15,19H,3,9-12,16-18,28H2,1-2H3/t20-,26?,27?;19-,24?,25?/m11/s1. The van der Waals surface area contributed by atoms with Crippen LogP contribution in [-0.4, -0.2) is 30.2 Å². The SMILES string of the molecule is CCC1(N)CCC(CO[C@H](C)c2cc(CF)cc(CF)c2)(c2ccccc2)CC1.CCC1(NC(C)=O)CCC(CO[C@H](C)c2cc(CF)cc(CF)c2)(c2ccccc2)CC1. The van der Waals surface area contributed by atoms with Crippen molar-refractivity contribution in [1.29, 1.82) is 0 Å². The lowest BCUT2D eigenvalue weighted by Gasteiger charge is -2.47. The largest absolute Gasteiger partial charge is 0.373 e. The van der Waals surface area contributed by atoms with E-state index in [2.05, 4.69) is 55.6 Å². The van der Waals surface area contributed by atoms with Gasteiger partial charge in [-0.3, -0.25) is 4.79 Å². The number of amides is 1. The fraction of sp³-hybridized carbons (Fsp3) is 0.519. The van der Waals surface area contributed by atoms with Gasteiger partial charge in [0.1, 0.15) is 26.7 Å². The highest BCUT2D eigenvalue weighted by Gasteiger charge is 2.44. The molecule has 9 heteroatoms. The van der Waals surface area contributed by atoms with Crippen molar-refractivity contribution in [3.05, 3.63) is 142 Å². The highest BCUT2D eigenvalue weighted by Crippen LogP contribution is 2.46. The number of benzene rings is 4. The van der Waals surface area contributed by atoms with Gasteiger partial charge in [0.2, 0.25) is 5.91 Å².